The minimum absolute atomic E-state index is 0.0984. The molecule has 0 aromatic heterocycles. The average molecular weight is 255 g/mol. The van der Waals surface area contributed by atoms with Crippen LogP contribution in [-0.4, -0.2) is 6.54 Å². The highest BCUT2D eigenvalue weighted by Crippen LogP contribution is 2.41. The molecule has 0 saturated carbocycles. The summed E-state index contributed by atoms with van der Waals surface area (Å²) in [5.41, 5.74) is 9.40. The fourth-order valence-corrected chi connectivity index (χ4v) is 3.24. The first-order chi connectivity index (χ1) is 9.25. The van der Waals surface area contributed by atoms with E-state index in [1.807, 2.05) is 12.1 Å². The summed E-state index contributed by atoms with van der Waals surface area (Å²) in [4.78, 5) is 0. The number of hydrogen-bond donors (Lipinski definition) is 1. The third-order valence-corrected chi connectivity index (χ3v) is 4.34. The number of halogens is 1. The smallest absolute Gasteiger partial charge is 0.126 e. The van der Waals surface area contributed by atoms with Crippen LogP contribution in [0.25, 0.3) is 0 Å². The van der Waals surface area contributed by atoms with Crippen molar-refractivity contribution in [1.82, 2.24) is 0 Å². The van der Waals surface area contributed by atoms with E-state index < -0.39 is 0 Å². The van der Waals surface area contributed by atoms with Gasteiger partial charge in [0.2, 0.25) is 0 Å². The molecule has 0 saturated heterocycles. The summed E-state index contributed by atoms with van der Waals surface area (Å²) in [6.07, 6.45) is 2.74. The fraction of sp³-hybridized carbons (Fsp3) is 0.294. The van der Waals surface area contributed by atoms with Gasteiger partial charge in [0.25, 0.3) is 0 Å². The van der Waals surface area contributed by atoms with Gasteiger partial charge in [-0.1, -0.05) is 42.5 Å². The van der Waals surface area contributed by atoms with Crippen LogP contribution < -0.4 is 5.73 Å². The summed E-state index contributed by atoms with van der Waals surface area (Å²) in [6, 6.07) is 15.4. The molecule has 2 aromatic carbocycles. The van der Waals surface area contributed by atoms with E-state index in [0.717, 1.165) is 18.4 Å². The predicted octanol–water partition coefficient (Wildman–Crippen LogP) is 3.21. The van der Waals surface area contributed by atoms with Gasteiger partial charge in [0.15, 0.2) is 0 Å². The highest BCUT2D eigenvalue weighted by Gasteiger charge is 2.37. The average Bonchev–Trinajstić information content (AvgIpc) is 2.81. The molecule has 0 radical (unpaired) electrons. The van der Waals surface area contributed by atoms with E-state index in [4.69, 9.17) is 5.73 Å². The molecule has 1 atom stereocenters. The molecule has 2 N–H and O–H groups in total. The molecule has 1 aliphatic rings. The van der Waals surface area contributed by atoms with E-state index >= 15 is 0 Å². The van der Waals surface area contributed by atoms with Crippen molar-refractivity contribution in [1.29, 1.82) is 0 Å². The molecule has 0 amide bonds. The van der Waals surface area contributed by atoms with Crippen molar-refractivity contribution in [3.05, 3.63) is 71.0 Å². The van der Waals surface area contributed by atoms with Crippen molar-refractivity contribution < 1.29 is 4.39 Å². The van der Waals surface area contributed by atoms with Crippen molar-refractivity contribution in [2.45, 2.75) is 24.7 Å². The van der Waals surface area contributed by atoms with E-state index in [-0.39, 0.29) is 11.2 Å². The van der Waals surface area contributed by atoms with Gasteiger partial charge in [-0.2, -0.15) is 0 Å². The predicted molar refractivity (Wildman–Crippen MR) is 75.6 cm³/mol. The normalized spacial score (nSPS) is 21.4. The van der Waals surface area contributed by atoms with Crippen LogP contribution in [0.2, 0.25) is 0 Å². The maximum Gasteiger partial charge on any atom is 0.126 e. The Morgan fingerprint density at radius 2 is 1.79 bits per heavy atom. The monoisotopic (exact) mass is 255 g/mol. The lowest BCUT2D eigenvalue weighted by atomic mass is 9.76. The highest BCUT2D eigenvalue weighted by molar-refractivity contribution is 5.41. The maximum absolute atomic E-state index is 13.9. The quantitative estimate of drug-likeness (QED) is 0.895. The number of benzene rings is 2. The van der Waals surface area contributed by atoms with Gasteiger partial charge in [0, 0.05) is 12.0 Å². The summed E-state index contributed by atoms with van der Waals surface area (Å²) in [5.74, 6) is -0.125. The zero-order valence-corrected chi connectivity index (χ0v) is 10.9. The van der Waals surface area contributed by atoms with E-state index in [2.05, 4.69) is 24.3 Å². The van der Waals surface area contributed by atoms with Crippen molar-refractivity contribution in [2.75, 3.05) is 6.54 Å². The Kier molecular flexibility index (Phi) is 3.11. The van der Waals surface area contributed by atoms with Gasteiger partial charge < -0.3 is 5.73 Å². The Balaban J connectivity index is 2.00. The summed E-state index contributed by atoms with van der Waals surface area (Å²) in [6.45, 7) is 0.568. The molecule has 2 heteroatoms. The maximum atomic E-state index is 13.9. The highest BCUT2D eigenvalue weighted by atomic mass is 19.1. The Bertz CT molecular complexity index is 593. The van der Waals surface area contributed by atoms with E-state index in [1.54, 1.807) is 6.07 Å². The first-order valence-electron chi connectivity index (χ1n) is 6.77. The van der Waals surface area contributed by atoms with Crippen molar-refractivity contribution >= 4 is 0 Å². The molecule has 0 heterocycles. The first-order valence-corrected chi connectivity index (χ1v) is 6.77. The zero-order valence-electron chi connectivity index (χ0n) is 10.9. The van der Waals surface area contributed by atoms with Gasteiger partial charge in [0.1, 0.15) is 5.82 Å². The molecule has 0 fully saturated rings. The molecule has 1 aliphatic carbocycles. The van der Waals surface area contributed by atoms with Crippen LogP contribution in [0.3, 0.4) is 0 Å². The molecule has 0 spiro atoms. The third-order valence-electron chi connectivity index (χ3n) is 4.34. The second kappa shape index (κ2) is 4.78. The molecule has 0 aliphatic heterocycles. The second-order valence-corrected chi connectivity index (χ2v) is 5.41. The van der Waals surface area contributed by atoms with Crippen LogP contribution >= 0.6 is 0 Å². The standard InChI is InChI=1S/C17H18FN/c18-16-8-4-2-6-14(16)11-17(12-19)10-9-13-5-1-3-7-15(13)17/h1-8H,9-12,19H2. The molecular weight excluding hydrogens is 237 g/mol. The van der Waals surface area contributed by atoms with Crippen LogP contribution in [0.4, 0.5) is 4.39 Å². The fourth-order valence-electron chi connectivity index (χ4n) is 3.24. The SMILES string of the molecule is NCC1(Cc2ccccc2F)CCc2ccccc21. The first kappa shape index (κ1) is 12.4. The van der Waals surface area contributed by atoms with Gasteiger partial charge in [-0.25, -0.2) is 4.39 Å². The number of aryl methyl sites for hydroxylation is 1. The van der Waals surface area contributed by atoms with Crippen LogP contribution in [-0.2, 0) is 18.3 Å². The van der Waals surface area contributed by atoms with Crippen LogP contribution in [0.1, 0.15) is 23.1 Å². The summed E-state index contributed by atoms with van der Waals surface area (Å²) < 4.78 is 13.9. The summed E-state index contributed by atoms with van der Waals surface area (Å²) in [7, 11) is 0. The Morgan fingerprint density at radius 1 is 1.05 bits per heavy atom. The molecule has 0 bridgehead atoms. The number of nitrogens with two attached hydrogens (primary N) is 1. The lowest BCUT2D eigenvalue weighted by Gasteiger charge is -2.29. The Labute approximate surface area is 113 Å². The van der Waals surface area contributed by atoms with Crippen molar-refractivity contribution in [2.24, 2.45) is 5.73 Å². The van der Waals surface area contributed by atoms with Crippen molar-refractivity contribution in [3.8, 4) is 0 Å². The van der Waals surface area contributed by atoms with E-state index in [0.29, 0.717) is 13.0 Å². The van der Waals surface area contributed by atoms with Crippen molar-refractivity contribution in [3.63, 3.8) is 0 Å². The largest absolute Gasteiger partial charge is 0.330 e. The van der Waals surface area contributed by atoms with E-state index in [9.17, 15) is 4.39 Å². The Morgan fingerprint density at radius 3 is 2.58 bits per heavy atom. The molecule has 19 heavy (non-hydrogen) atoms. The number of hydrogen-bond acceptors (Lipinski definition) is 1. The molecule has 1 nitrogen and oxygen atoms in total. The lowest BCUT2D eigenvalue weighted by molar-refractivity contribution is 0.423. The topological polar surface area (TPSA) is 26.0 Å². The molecule has 2 aromatic rings. The summed E-state index contributed by atoms with van der Waals surface area (Å²) in [5, 5.41) is 0. The van der Waals surface area contributed by atoms with Gasteiger partial charge in [-0.05, 0) is 42.0 Å². The minimum atomic E-state index is -0.125. The molecular formula is C17H18FN. The lowest BCUT2D eigenvalue weighted by Crippen LogP contribution is -2.35. The zero-order chi connectivity index (χ0) is 13.3. The van der Waals surface area contributed by atoms with Crippen LogP contribution in [0, 0.1) is 5.82 Å². The van der Waals surface area contributed by atoms with Crippen LogP contribution in [0.5, 0.6) is 0 Å². The van der Waals surface area contributed by atoms with Crippen LogP contribution in [0.15, 0.2) is 48.5 Å². The Hall–Kier alpha value is -1.67. The third kappa shape index (κ3) is 2.06. The van der Waals surface area contributed by atoms with Gasteiger partial charge in [0.05, 0.1) is 0 Å². The molecule has 98 valence electrons. The summed E-state index contributed by atoms with van der Waals surface area (Å²) >= 11 is 0. The minimum Gasteiger partial charge on any atom is -0.330 e. The van der Waals surface area contributed by atoms with Gasteiger partial charge in [-0.15, -0.1) is 0 Å². The van der Waals surface area contributed by atoms with E-state index in [1.165, 1.54) is 17.2 Å². The number of rotatable bonds is 3. The van der Waals surface area contributed by atoms with Gasteiger partial charge >= 0.3 is 0 Å². The molecule has 3 rings (SSSR count). The second-order valence-electron chi connectivity index (χ2n) is 5.41. The number of fused-ring (bicyclic) bond motifs is 1. The van der Waals surface area contributed by atoms with Gasteiger partial charge in [-0.3, -0.25) is 0 Å². The molecule has 1 unspecified atom stereocenters.